The largest absolute Gasteiger partial charge is 0.495 e. The summed E-state index contributed by atoms with van der Waals surface area (Å²) in [4.78, 5) is 96.3. The number of benzene rings is 2. The number of ether oxygens (including phenoxy) is 3. The van der Waals surface area contributed by atoms with Gasteiger partial charge >= 0.3 is 0 Å². The summed E-state index contributed by atoms with van der Waals surface area (Å²) in [6.45, 7) is 12.9. The van der Waals surface area contributed by atoms with Crippen molar-refractivity contribution in [2.75, 3.05) is 120 Å². The van der Waals surface area contributed by atoms with Gasteiger partial charge < -0.3 is 50.6 Å². The molecule has 0 saturated carbocycles. The summed E-state index contributed by atoms with van der Waals surface area (Å²) in [5.74, 6) is -0.501. The van der Waals surface area contributed by atoms with E-state index >= 15 is 0 Å². The SMILES string of the molecule is CCc1nc(C(N)=O)c(Nc2ccc(N3CCC(N4CCN(CC5CCN(C(=O)CCOCCNc6cccc7c6C(=O)N(C6CCC(=O)NC6=O)C7=O)CC5)CC4)CC3)c(OC)c2)nc1NC1CCOCC1. The summed E-state index contributed by atoms with van der Waals surface area (Å²) in [6.07, 6.45) is 6.89. The van der Waals surface area contributed by atoms with Crippen LogP contribution < -0.4 is 36.6 Å². The Morgan fingerprint density at radius 1 is 0.863 bits per heavy atom. The van der Waals surface area contributed by atoms with Crippen molar-refractivity contribution in [1.29, 1.82) is 0 Å². The Morgan fingerprint density at radius 3 is 2.34 bits per heavy atom. The smallest absolute Gasteiger partial charge is 0.271 e. The number of rotatable bonds is 19. The lowest BCUT2D eigenvalue weighted by Crippen LogP contribution is -2.54. The van der Waals surface area contributed by atoms with Gasteiger partial charge in [0.2, 0.25) is 17.7 Å². The molecule has 5 fully saturated rings. The Labute approximate surface area is 426 Å². The summed E-state index contributed by atoms with van der Waals surface area (Å²) < 4.78 is 17.2. The fraction of sp³-hybridized carbons (Fsp3) is 0.577. The van der Waals surface area contributed by atoms with Gasteiger partial charge in [-0.05, 0) is 81.5 Å². The molecule has 1 atom stereocenters. The number of nitrogens with zero attached hydrogens (tertiary/aromatic N) is 7. The highest BCUT2D eigenvalue weighted by Crippen LogP contribution is 2.36. The Balaban J connectivity index is 0.661. The fourth-order valence-corrected chi connectivity index (χ4v) is 11.1. The first kappa shape index (κ1) is 51.5. The third-order valence-electron chi connectivity index (χ3n) is 15.2. The van der Waals surface area contributed by atoms with E-state index in [0.717, 1.165) is 119 Å². The van der Waals surface area contributed by atoms with Crippen LogP contribution in [0.3, 0.4) is 0 Å². The molecular weight excluding hydrogens is 937 g/mol. The van der Waals surface area contributed by atoms with E-state index in [1.807, 2.05) is 24.0 Å². The van der Waals surface area contributed by atoms with E-state index in [-0.39, 0.29) is 48.2 Å². The number of primary amides is 1. The van der Waals surface area contributed by atoms with E-state index < -0.39 is 35.6 Å². The minimum Gasteiger partial charge on any atom is -0.495 e. The molecule has 21 heteroatoms. The molecule has 21 nitrogen and oxygen atoms in total. The Morgan fingerprint density at radius 2 is 1.63 bits per heavy atom. The minimum atomic E-state index is -1.03. The molecule has 6 amide bonds. The van der Waals surface area contributed by atoms with Crippen LogP contribution in [0.25, 0.3) is 0 Å². The first-order valence-corrected chi connectivity index (χ1v) is 26.1. The predicted molar refractivity (Wildman–Crippen MR) is 273 cm³/mol. The summed E-state index contributed by atoms with van der Waals surface area (Å²) in [5.41, 5.74) is 9.21. The normalized spacial score (nSPS) is 20.8. The van der Waals surface area contributed by atoms with Crippen molar-refractivity contribution in [1.82, 2.24) is 34.9 Å². The molecule has 9 rings (SSSR count). The molecule has 392 valence electrons. The van der Waals surface area contributed by atoms with Crippen molar-refractivity contribution in [2.45, 2.75) is 89.3 Å². The number of aromatic nitrogens is 2. The third kappa shape index (κ3) is 12.0. The quantitative estimate of drug-likeness (QED) is 0.0855. The second kappa shape index (κ2) is 23.6. The highest BCUT2D eigenvalue weighted by molar-refractivity contribution is 6.25. The third-order valence-corrected chi connectivity index (χ3v) is 15.2. The Bertz CT molecular complexity index is 2520. The number of imide groups is 2. The zero-order chi connectivity index (χ0) is 51.0. The molecule has 0 aliphatic carbocycles. The van der Waals surface area contributed by atoms with Gasteiger partial charge in [-0.15, -0.1) is 0 Å². The summed E-state index contributed by atoms with van der Waals surface area (Å²) in [7, 11) is 1.68. The first-order valence-electron chi connectivity index (χ1n) is 26.1. The van der Waals surface area contributed by atoms with Crippen molar-refractivity contribution in [2.24, 2.45) is 11.7 Å². The van der Waals surface area contributed by atoms with E-state index in [1.54, 1.807) is 25.3 Å². The number of carbonyl (C=O) groups is 6. The lowest BCUT2D eigenvalue weighted by molar-refractivity contribution is -0.136. The van der Waals surface area contributed by atoms with Crippen molar-refractivity contribution >= 4 is 64.1 Å². The van der Waals surface area contributed by atoms with E-state index in [4.69, 9.17) is 24.9 Å². The van der Waals surface area contributed by atoms with Crippen LogP contribution in [0.2, 0.25) is 0 Å². The molecule has 6 aliphatic heterocycles. The van der Waals surface area contributed by atoms with Crippen molar-refractivity contribution < 1.29 is 43.0 Å². The average molecular weight is 1010 g/mol. The maximum Gasteiger partial charge on any atom is 0.271 e. The van der Waals surface area contributed by atoms with Crippen LogP contribution in [-0.4, -0.2) is 182 Å². The van der Waals surface area contributed by atoms with Gasteiger partial charge in [0.05, 0.1) is 49.3 Å². The van der Waals surface area contributed by atoms with Gasteiger partial charge in [-0.1, -0.05) is 13.0 Å². The number of hydrogen-bond donors (Lipinski definition) is 5. The number of amides is 6. The number of methoxy groups -OCH3 is 1. The molecule has 7 heterocycles. The number of fused-ring (bicyclic) bond motifs is 1. The zero-order valence-corrected chi connectivity index (χ0v) is 42.1. The molecule has 2 aromatic carbocycles. The molecule has 1 unspecified atom stereocenters. The molecule has 73 heavy (non-hydrogen) atoms. The number of piperidine rings is 3. The van der Waals surface area contributed by atoms with Crippen LogP contribution in [0.4, 0.5) is 28.7 Å². The second-order valence-electron chi connectivity index (χ2n) is 19.8. The van der Waals surface area contributed by atoms with Gasteiger partial charge in [-0.25, -0.2) is 9.97 Å². The summed E-state index contributed by atoms with van der Waals surface area (Å²) in [6, 6.07) is 10.6. The van der Waals surface area contributed by atoms with Crippen LogP contribution in [0.15, 0.2) is 36.4 Å². The number of aryl methyl sites for hydroxylation is 1. The maximum atomic E-state index is 13.4. The molecular formula is C52H70N12O9. The second-order valence-corrected chi connectivity index (χ2v) is 19.8. The molecule has 1 aromatic heterocycles. The zero-order valence-electron chi connectivity index (χ0n) is 42.1. The van der Waals surface area contributed by atoms with Crippen LogP contribution >= 0.6 is 0 Å². The van der Waals surface area contributed by atoms with Gasteiger partial charge in [0.1, 0.15) is 11.8 Å². The molecule has 6 N–H and O–H groups in total. The van der Waals surface area contributed by atoms with Gasteiger partial charge in [0, 0.05) is 115 Å². The number of hydrogen-bond acceptors (Lipinski definition) is 17. The molecule has 6 aliphatic rings. The van der Waals surface area contributed by atoms with Gasteiger partial charge in [-0.3, -0.25) is 43.9 Å². The molecule has 0 radical (unpaired) electrons. The van der Waals surface area contributed by atoms with Crippen LogP contribution in [0.5, 0.6) is 5.75 Å². The first-order chi connectivity index (χ1) is 35.5. The highest BCUT2D eigenvalue weighted by atomic mass is 16.5. The van der Waals surface area contributed by atoms with Crippen LogP contribution in [0.1, 0.15) is 102 Å². The number of carbonyl (C=O) groups excluding carboxylic acids is 6. The summed E-state index contributed by atoms with van der Waals surface area (Å²) >= 11 is 0. The number of anilines is 5. The average Bonchev–Trinajstić information content (AvgIpc) is 3.66. The topological polar surface area (TPSA) is 246 Å². The number of piperazine rings is 1. The fourth-order valence-electron chi connectivity index (χ4n) is 11.1. The number of nitrogens with two attached hydrogens (primary N) is 1. The maximum absolute atomic E-state index is 13.4. The van der Waals surface area contributed by atoms with Crippen LogP contribution in [-0.2, 0) is 30.3 Å². The van der Waals surface area contributed by atoms with Crippen molar-refractivity contribution in [3.63, 3.8) is 0 Å². The Kier molecular flexibility index (Phi) is 16.7. The van der Waals surface area contributed by atoms with E-state index in [2.05, 4.69) is 47.0 Å². The van der Waals surface area contributed by atoms with Gasteiger partial charge in [0.25, 0.3) is 17.7 Å². The van der Waals surface area contributed by atoms with Crippen molar-refractivity contribution in [3.05, 3.63) is 58.9 Å². The van der Waals surface area contributed by atoms with Gasteiger partial charge in [-0.2, -0.15) is 0 Å². The van der Waals surface area contributed by atoms with E-state index in [0.29, 0.717) is 74.2 Å². The van der Waals surface area contributed by atoms with E-state index in [9.17, 15) is 28.8 Å². The van der Waals surface area contributed by atoms with Crippen molar-refractivity contribution in [3.8, 4) is 5.75 Å². The lowest BCUT2D eigenvalue weighted by Gasteiger charge is -2.44. The minimum absolute atomic E-state index is 0.0562. The number of likely N-dealkylation sites (tertiary alicyclic amines) is 1. The summed E-state index contributed by atoms with van der Waals surface area (Å²) in [5, 5.41) is 12.2. The highest BCUT2D eigenvalue weighted by Gasteiger charge is 2.45. The molecule has 3 aromatic rings. The van der Waals surface area contributed by atoms with Gasteiger partial charge in [0.15, 0.2) is 17.3 Å². The predicted octanol–water partition coefficient (Wildman–Crippen LogP) is 3.23. The molecule has 0 bridgehead atoms. The Hall–Kier alpha value is -6.42. The van der Waals surface area contributed by atoms with E-state index in [1.165, 1.54) is 0 Å². The standard InChI is InChI=1S/C52H70N12O9/c1-3-38-48(55-34-15-27-72-28-16-34)59-49(46(57-38)47(53)67)56-35-7-8-40(42(31-35)71-2)62-21-13-36(14-22-62)61-25-23-60(24-26-61)32-33-11-19-63(20-12-33)44(66)17-29-73-30-18-54-39-6-4-5-37-45(39)52(70)64(51(37)69)41-9-10-43(65)58-50(41)68/h4-8,31,33-34,36,41,54H,3,9-30,32H2,1-2H3,(H2,53,67)(H2,55,56,59)(H,58,65,68). The monoisotopic (exact) mass is 1010 g/mol. The number of nitrogens with one attached hydrogen (secondary N) is 4. The lowest BCUT2D eigenvalue weighted by atomic mass is 9.95. The molecule has 5 saturated heterocycles. The molecule has 0 spiro atoms. The van der Waals surface area contributed by atoms with Crippen LogP contribution in [0, 0.1) is 5.92 Å².